The molecule has 1 amide bonds. The smallest absolute Gasteiger partial charge is 0.228 e. The molecule has 0 radical (unpaired) electrons. The molecule has 1 aromatic rings. The van der Waals surface area contributed by atoms with Crippen molar-refractivity contribution < 1.29 is 9.53 Å². The van der Waals surface area contributed by atoms with Gasteiger partial charge in [-0.3, -0.25) is 4.79 Å². The van der Waals surface area contributed by atoms with Gasteiger partial charge >= 0.3 is 0 Å². The van der Waals surface area contributed by atoms with Gasteiger partial charge in [-0.1, -0.05) is 0 Å². The minimum absolute atomic E-state index is 0.0362. The van der Waals surface area contributed by atoms with Crippen LogP contribution in [0.25, 0.3) is 0 Å². The number of piperidine rings is 1. The molecule has 1 aromatic heterocycles. The van der Waals surface area contributed by atoms with E-state index in [1.165, 1.54) is 25.6 Å². The lowest BCUT2D eigenvalue weighted by Crippen LogP contribution is -2.57. The Hall–Kier alpha value is -1.65. The van der Waals surface area contributed by atoms with Gasteiger partial charge in [0.2, 0.25) is 11.8 Å². The number of carbonyl (C=O) groups is 1. The second-order valence-corrected chi connectivity index (χ2v) is 8.88. The quantitative estimate of drug-likeness (QED) is 0.848. The molecule has 0 N–H and O–H groups in total. The van der Waals surface area contributed by atoms with E-state index < -0.39 is 0 Å². The van der Waals surface area contributed by atoms with Gasteiger partial charge in [-0.15, -0.1) is 0 Å². The molecule has 2 heterocycles. The number of carbonyl (C=O) groups excluding carboxylic acids is 1. The topological polar surface area (TPSA) is 55.3 Å². The molecular formula is C20H27N3O2. The summed E-state index contributed by atoms with van der Waals surface area (Å²) in [5.74, 6) is 3.49. The molecule has 5 fully saturated rings. The Labute approximate surface area is 149 Å². The Balaban J connectivity index is 1.29. The van der Waals surface area contributed by atoms with Gasteiger partial charge < -0.3 is 9.64 Å². The first kappa shape index (κ1) is 15.6. The number of rotatable bonds is 3. The van der Waals surface area contributed by atoms with Crippen LogP contribution >= 0.6 is 0 Å². The molecule has 5 aliphatic rings. The molecule has 134 valence electrons. The maximum absolute atomic E-state index is 13.5. The fraction of sp³-hybridized carbons (Fsp3) is 0.750. The minimum atomic E-state index is -0.0362. The van der Waals surface area contributed by atoms with E-state index in [2.05, 4.69) is 14.9 Å². The fourth-order valence-corrected chi connectivity index (χ4v) is 6.45. The highest BCUT2D eigenvalue weighted by atomic mass is 16.5. The van der Waals surface area contributed by atoms with Crippen molar-refractivity contribution in [3.05, 3.63) is 18.6 Å². The number of hydrogen-bond donors (Lipinski definition) is 0. The van der Waals surface area contributed by atoms with Gasteiger partial charge in [-0.25, -0.2) is 9.97 Å². The van der Waals surface area contributed by atoms with Crippen LogP contribution < -0.4 is 4.74 Å². The molecule has 4 bridgehead atoms. The predicted molar refractivity (Wildman–Crippen MR) is 92.9 cm³/mol. The van der Waals surface area contributed by atoms with Crippen LogP contribution in [0.5, 0.6) is 5.88 Å². The van der Waals surface area contributed by atoms with Crippen LogP contribution in [0.15, 0.2) is 18.6 Å². The van der Waals surface area contributed by atoms with Crippen LogP contribution in [0.2, 0.25) is 0 Å². The molecule has 4 saturated carbocycles. The van der Waals surface area contributed by atoms with E-state index in [0.717, 1.165) is 56.4 Å². The lowest BCUT2D eigenvalue weighted by molar-refractivity contribution is -0.160. The van der Waals surface area contributed by atoms with Crippen molar-refractivity contribution >= 4 is 5.91 Å². The van der Waals surface area contributed by atoms with Gasteiger partial charge in [0.25, 0.3) is 0 Å². The van der Waals surface area contributed by atoms with Gasteiger partial charge in [-0.05, 0) is 69.1 Å². The number of ether oxygens (including phenoxy) is 1. The van der Waals surface area contributed by atoms with E-state index >= 15 is 0 Å². The van der Waals surface area contributed by atoms with Crippen molar-refractivity contribution in [3.8, 4) is 5.88 Å². The molecule has 0 aromatic carbocycles. The third-order valence-electron chi connectivity index (χ3n) is 7.00. The Bertz CT molecular complexity index is 612. The summed E-state index contributed by atoms with van der Waals surface area (Å²) in [6.45, 7) is 1.61. The first-order valence-electron chi connectivity index (χ1n) is 9.92. The number of amides is 1. The monoisotopic (exact) mass is 341 g/mol. The molecule has 6 rings (SSSR count). The van der Waals surface area contributed by atoms with Crippen LogP contribution in [-0.4, -0.2) is 40.0 Å². The maximum atomic E-state index is 13.5. The molecule has 1 unspecified atom stereocenters. The normalized spacial score (nSPS) is 39.4. The van der Waals surface area contributed by atoms with Crippen LogP contribution in [0.4, 0.5) is 0 Å². The Morgan fingerprint density at radius 3 is 2.52 bits per heavy atom. The first-order chi connectivity index (χ1) is 12.2. The summed E-state index contributed by atoms with van der Waals surface area (Å²) in [6, 6.07) is 1.79. The molecule has 1 aliphatic heterocycles. The zero-order valence-corrected chi connectivity index (χ0v) is 14.8. The molecule has 25 heavy (non-hydrogen) atoms. The highest BCUT2D eigenvalue weighted by Gasteiger charge is 2.55. The molecule has 5 heteroatoms. The Morgan fingerprint density at radius 1 is 1.16 bits per heavy atom. The summed E-state index contributed by atoms with van der Waals surface area (Å²) in [7, 11) is 0. The van der Waals surface area contributed by atoms with Gasteiger partial charge in [0.15, 0.2) is 0 Å². The summed E-state index contributed by atoms with van der Waals surface area (Å²) >= 11 is 0. The summed E-state index contributed by atoms with van der Waals surface area (Å²) in [5, 5.41) is 0. The third kappa shape index (κ3) is 2.81. The van der Waals surface area contributed by atoms with Crippen molar-refractivity contribution in [3.63, 3.8) is 0 Å². The number of nitrogens with zero attached hydrogens (tertiary/aromatic N) is 3. The van der Waals surface area contributed by atoms with Crippen LogP contribution in [0, 0.1) is 23.2 Å². The third-order valence-corrected chi connectivity index (χ3v) is 7.00. The van der Waals surface area contributed by atoms with E-state index in [0.29, 0.717) is 18.3 Å². The van der Waals surface area contributed by atoms with Crippen molar-refractivity contribution in [1.82, 2.24) is 14.9 Å². The molecule has 1 atom stereocenters. The minimum Gasteiger partial charge on any atom is -0.472 e. The predicted octanol–water partition coefficient (Wildman–Crippen LogP) is 3.06. The second kappa shape index (κ2) is 5.96. The van der Waals surface area contributed by atoms with Crippen molar-refractivity contribution in [2.75, 3.05) is 13.1 Å². The molecule has 4 aliphatic carbocycles. The Kier molecular flexibility index (Phi) is 3.72. The van der Waals surface area contributed by atoms with Crippen LogP contribution in [0.3, 0.4) is 0 Å². The molecule has 1 saturated heterocycles. The van der Waals surface area contributed by atoms with E-state index in [4.69, 9.17) is 4.74 Å². The zero-order chi connectivity index (χ0) is 16.9. The summed E-state index contributed by atoms with van der Waals surface area (Å²) in [4.78, 5) is 23.7. The lowest BCUT2D eigenvalue weighted by Gasteiger charge is -2.57. The number of hydrogen-bond acceptors (Lipinski definition) is 4. The van der Waals surface area contributed by atoms with E-state index in [1.807, 2.05) is 0 Å². The Morgan fingerprint density at radius 2 is 1.88 bits per heavy atom. The van der Waals surface area contributed by atoms with E-state index in [-0.39, 0.29) is 11.5 Å². The lowest BCUT2D eigenvalue weighted by atomic mass is 9.49. The second-order valence-electron chi connectivity index (χ2n) is 8.88. The number of likely N-dealkylation sites (tertiary alicyclic amines) is 1. The standard InChI is InChI=1S/C20H27N3O2/c24-19(20-9-14-6-15(10-20)8-16(7-14)11-20)23-5-1-2-17(12-23)25-18-3-4-21-13-22-18/h3-4,13-17H,1-2,5-12H2. The van der Waals surface area contributed by atoms with Gasteiger partial charge in [-0.2, -0.15) is 0 Å². The summed E-state index contributed by atoms with van der Waals surface area (Å²) < 4.78 is 6.01. The van der Waals surface area contributed by atoms with Gasteiger partial charge in [0, 0.05) is 18.8 Å². The zero-order valence-electron chi connectivity index (χ0n) is 14.8. The van der Waals surface area contributed by atoms with Crippen LogP contribution in [0.1, 0.15) is 51.4 Å². The molecular weight excluding hydrogens is 314 g/mol. The first-order valence-corrected chi connectivity index (χ1v) is 9.92. The summed E-state index contributed by atoms with van der Waals surface area (Å²) in [6.07, 6.45) is 12.9. The van der Waals surface area contributed by atoms with Gasteiger partial charge in [0.05, 0.1) is 12.0 Å². The average Bonchev–Trinajstić information content (AvgIpc) is 2.61. The number of aromatic nitrogens is 2. The summed E-state index contributed by atoms with van der Waals surface area (Å²) in [5.41, 5.74) is -0.0362. The fourth-order valence-electron chi connectivity index (χ4n) is 6.45. The largest absolute Gasteiger partial charge is 0.472 e. The average molecular weight is 341 g/mol. The SMILES string of the molecule is O=C(N1CCCC(Oc2ccncn2)C1)C12CC3CC(CC(C3)C1)C2. The molecule has 5 nitrogen and oxygen atoms in total. The van der Waals surface area contributed by atoms with Crippen molar-refractivity contribution in [2.24, 2.45) is 23.2 Å². The van der Waals surface area contributed by atoms with Crippen molar-refractivity contribution in [1.29, 1.82) is 0 Å². The van der Waals surface area contributed by atoms with Crippen LogP contribution in [-0.2, 0) is 4.79 Å². The van der Waals surface area contributed by atoms with E-state index in [9.17, 15) is 4.79 Å². The highest BCUT2D eigenvalue weighted by Crippen LogP contribution is 2.60. The van der Waals surface area contributed by atoms with Crippen molar-refractivity contribution in [2.45, 2.75) is 57.5 Å². The molecule has 0 spiro atoms. The van der Waals surface area contributed by atoms with Gasteiger partial charge in [0.1, 0.15) is 12.4 Å². The maximum Gasteiger partial charge on any atom is 0.228 e. The highest BCUT2D eigenvalue weighted by molar-refractivity contribution is 5.83. The van der Waals surface area contributed by atoms with E-state index in [1.54, 1.807) is 12.3 Å².